The number of rotatable bonds is 2. The average molecular weight is 370 g/mol. The summed E-state index contributed by atoms with van der Waals surface area (Å²) in [6, 6.07) is 7.54. The van der Waals surface area contributed by atoms with Gasteiger partial charge in [0.05, 0.1) is 5.69 Å². The summed E-state index contributed by atoms with van der Waals surface area (Å²) >= 11 is 6.13. The topological polar surface area (TPSA) is 63.4 Å². The number of fused-ring (bicyclic) bond motifs is 1. The fraction of sp³-hybridized carbons (Fsp3) is 0.368. The first-order valence-electron chi connectivity index (χ1n) is 8.75. The number of benzene rings is 1. The zero-order valence-corrected chi connectivity index (χ0v) is 15.6. The van der Waals surface area contributed by atoms with Gasteiger partial charge in [-0.05, 0) is 56.5 Å². The fourth-order valence-electron chi connectivity index (χ4n) is 3.70. The number of aromatic nitrogens is 4. The molecule has 3 aromatic rings. The molecule has 1 aliphatic heterocycles. The van der Waals surface area contributed by atoms with Gasteiger partial charge in [-0.1, -0.05) is 11.6 Å². The molecule has 0 aliphatic carbocycles. The van der Waals surface area contributed by atoms with E-state index in [1.54, 1.807) is 10.6 Å². The van der Waals surface area contributed by atoms with E-state index in [9.17, 15) is 4.79 Å². The predicted octanol–water partition coefficient (Wildman–Crippen LogP) is 3.41. The van der Waals surface area contributed by atoms with E-state index in [0.717, 1.165) is 36.3 Å². The Balaban J connectivity index is 1.63. The van der Waals surface area contributed by atoms with Gasteiger partial charge in [0.1, 0.15) is 6.33 Å². The number of hydrogen-bond donors (Lipinski definition) is 0. The van der Waals surface area contributed by atoms with Crippen LogP contribution in [0.3, 0.4) is 0 Å². The number of aryl methyl sites for hydroxylation is 2. The summed E-state index contributed by atoms with van der Waals surface area (Å²) in [5, 5.41) is 4.90. The van der Waals surface area contributed by atoms with Crippen molar-refractivity contribution in [2.24, 2.45) is 0 Å². The number of nitrogens with zero attached hydrogens (tertiary/aromatic N) is 5. The standard InChI is InChI=1S/C19H20ClN5O/c1-12-6-15(9-16(20)7-12)18(26)24-5-3-4-14(10-24)17-8-13(2)23-19-21-11-22-25(17)19/h6-9,11,14H,3-5,10H2,1-2H3. The largest absolute Gasteiger partial charge is 0.338 e. The second-order valence-corrected chi connectivity index (χ2v) is 7.34. The van der Waals surface area contributed by atoms with Gasteiger partial charge in [0.25, 0.3) is 11.7 Å². The zero-order valence-electron chi connectivity index (χ0n) is 14.8. The van der Waals surface area contributed by atoms with Crippen LogP contribution in [0.5, 0.6) is 0 Å². The molecule has 0 radical (unpaired) electrons. The van der Waals surface area contributed by atoms with Crippen LogP contribution in [0.15, 0.2) is 30.6 Å². The van der Waals surface area contributed by atoms with Crippen LogP contribution in [0, 0.1) is 13.8 Å². The molecule has 1 fully saturated rings. The van der Waals surface area contributed by atoms with E-state index in [1.807, 2.05) is 36.9 Å². The first-order valence-corrected chi connectivity index (χ1v) is 9.13. The number of carbonyl (C=O) groups excluding carboxylic acids is 1. The number of amides is 1. The molecular weight excluding hydrogens is 350 g/mol. The molecule has 26 heavy (non-hydrogen) atoms. The van der Waals surface area contributed by atoms with E-state index in [0.29, 0.717) is 22.9 Å². The van der Waals surface area contributed by atoms with Crippen molar-refractivity contribution in [3.63, 3.8) is 0 Å². The van der Waals surface area contributed by atoms with Crippen molar-refractivity contribution < 1.29 is 4.79 Å². The third kappa shape index (κ3) is 3.17. The monoisotopic (exact) mass is 369 g/mol. The summed E-state index contributed by atoms with van der Waals surface area (Å²) in [4.78, 5) is 23.5. The highest BCUT2D eigenvalue weighted by molar-refractivity contribution is 6.31. The molecule has 1 aliphatic rings. The van der Waals surface area contributed by atoms with Crippen molar-refractivity contribution in [2.75, 3.05) is 13.1 Å². The van der Waals surface area contributed by atoms with Gasteiger partial charge in [-0.3, -0.25) is 4.79 Å². The molecule has 0 saturated carbocycles. The maximum Gasteiger partial charge on any atom is 0.253 e. The lowest BCUT2D eigenvalue weighted by molar-refractivity contribution is 0.0705. The molecular formula is C19H20ClN5O. The van der Waals surface area contributed by atoms with Crippen molar-refractivity contribution in [3.8, 4) is 0 Å². The Morgan fingerprint density at radius 1 is 1.23 bits per heavy atom. The average Bonchev–Trinajstić information content (AvgIpc) is 3.08. The van der Waals surface area contributed by atoms with Crippen LogP contribution in [0.25, 0.3) is 5.78 Å². The Hall–Kier alpha value is -2.47. The van der Waals surface area contributed by atoms with Gasteiger partial charge < -0.3 is 4.90 Å². The van der Waals surface area contributed by atoms with Crippen LogP contribution < -0.4 is 0 Å². The maximum absolute atomic E-state index is 13.0. The molecule has 1 amide bonds. The summed E-state index contributed by atoms with van der Waals surface area (Å²) in [6.07, 6.45) is 3.48. The second-order valence-electron chi connectivity index (χ2n) is 6.90. The van der Waals surface area contributed by atoms with Crippen molar-refractivity contribution in [1.82, 2.24) is 24.5 Å². The highest BCUT2D eigenvalue weighted by Crippen LogP contribution is 2.28. The molecule has 134 valence electrons. The summed E-state index contributed by atoms with van der Waals surface area (Å²) in [7, 11) is 0. The van der Waals surface area contributed by atoms with Gasteiger partial charge in [-0.15, -0.1) is 0 Å². The van der Waals surface area contributed by atoms with Crippen LogP contribution in [0.2, 0.25) is 5.02 Å². The molecule has 0 spiro atoms. The Bertz CT molecular complexity index is 963. The number of hydrogen-bond acceptors (Lipinski definition) is 4. The van der Waals surface area contributed by atoms with Gasteiger partial charge in [0, 0.05) is 35.3 Å². The molecule has 0 N–H and O–H groups in total. The fourth-order valence-corrected chi connectivity index (χ4v) is 3.98. The first kappa shape index (κ1) is 17.0. The number of carbonyl (C=O) groups is 1. The molecule has 1 saturated heterocycles. The molecule has 4 rings (SSSR count). The van der Waals surface area contributed by atoms with E-state index < -0.39 is 0 Å². The Morgan fingerprint density at radius 2 is 2.08 bits per heavy atom. The van der Waals surface area contributed by atoms with Crippen LogP contribution in [-0.4, -0.2) is 43.5 Å². The Kier molecular flexibility index (Phi) is 4.36. The normalized spacial score (nSPS) is 17.7. The van der Waals surface area contributed by atoms with Crippen molar-refractivity contribution in [1.29, 1.82) is 0 Å². The third-order valence-corrected chi connectivity index (χ3v) is 5.04. The molecule has 7 heteroatoms. The lowest BCUT2D eigenvalue weighted by atomic mass is 9.93. The highest BCUT2D eigenvalue weighted by atomic mass is 35.5. The van der Waals surface area contributed by atoms with Crippen molar-refractivity contribution in [3.05, 3.63) is 58.1 Å². The molecule has 6 nitrogen and oxygen atoms in total. The minimum Gasteiger partial charge on any atom is -0.338 e. The number of piperidine rings is 1. The third-order valence-electron chi connectivity index (χ3n) is 4.82. The lowest BCUT2D eigenvalue weighted by Gasteiger charge is -2.33. The quantitative estimate of drug-likeness (QED) is 0.694. The summed E-state index contributed by atoms with van der Waals surface area (Å²) in [5.41, 5.74) is 3.61. The highest BCUT2D eigenvalue weighted by Gasteiger charge is 2.28. The first-order chi connectivity index (χ1) is 12.5. The maximum atomic E-state index is 13.0. The zero-order chi connectivity index (χ0) is 18.3. The van der Waals surface area contributed by atoms with Crippen LogP contribution in [0.4, 0.5) is 0 Å². The Labute approximate surface area is 156 Å². The summed E-state index contributed by atoms with van der Waals surface area (Å²) in [6.45, 7) is 5.32. The molecule has 0 bridgehead atoms. The van der Waals surface area contributed by atoms with Gasteiger partial charge in [-0.2, -0.15) is 10.1 Å². The van der Waals surface area contributed by atoms with E-state index in [4.69, 9.17) is 11.6 Å². The molecule has 1 atom stereocenters. The van der Waals surface area contributed by atoms with Gasteiger partial charge >= 0.3 is 0 Å². The van der Waals surface area contributed by atoms with Crippen molar-refractivity contribution in [2.45, 2.75) is 32.6 Å². The number of likely N-dealkylation sites (tertiary alicyclic amines) is 1. The summed E-state index contributed by atoms with van der Waals surface area (Å²) < 4.78 is 1.79. The lowest BCUT2D eigenvalue weighted by Crippen LogP contribution is -2.39. The number of halogens is 1. The van der Waals surface area contributed by atoms with E-state index in [-0.39, 0.29) is 11.8 Å². The molecule has 3 heterocycles. The van der Waals surface area contributed by atoms with Crippen molar-refractivity contribution >= 4 is 23.3 Å². The van der Waals surface area contributed by atoms with E-state index >= 15 is 0 Å². The second kappa shape index (κ2) is 6.68. The van der Waals surface area contributed by atoms with Crippen LogP contribution in [-0.2, 0) is 0 Å². The SMILES string of the molecule is Cc1cc(Cl)cc(C(=O)N2CCCC(c3cc(C)nc4ncnn34)C2)c1. The predicted molar refractivity (Wildman–Crippen MR) is 99.6 cm³/mol. The van der Waals surface area contributed by atoms with Gasteiger partial charge in [0.15, 0.2) is 0 Å². The van der Waals surface area contributed by atoms with Gasteiger partial charge in [0.2, 0.25) is 0 Å². The molecule has 1 unspecified atom stereocenters. The van der Waals surface area contributed by atoms with Crippen LogP contribution in [0.1, 0.15) is 46.1 Å². The molecule has 2 aromatic heterocycles. The van der Waals surface area contributed by atoms with Crippen LogP contribution >= 0.6 is 11.6 Å². The van der Waals surface area contributed by atoms with Gasteiger partial charge in [-0.25, -0.2) is 9.50 Å². The van der Waals surface area contributed by atoms with E-state index in [1.165, 1.54) is 6.33 Å². The molecule has 1 aromatic carbocycles. The smallest absolute Gasteiger partial charge is 0.253 e. The minimum absolute atomic E-state index is 0.0286. The summed E-state index contributed by atoms with van der Waals surface area (Å²) in [5.74, 6) is 0.841. The Morgan fingerprint density at radius 3 is 2.88 bits per heavy atom. The van der Waals surface area contributed by atoms with E-state index in [2.05, 4.69) is 15.1 Å². The minimum atomic E-state index is 0.0286.